The minimum absolute atomic E-state index is 0.385. The first kappa shape index (κ1) is 13.4. The molecule has 1 saturated heterocycles. The number of nitrogens with zero attached hydrogens (tertiary/aromatic N) is 2. The van der Waals surface area contributed by atoms with Gasteiger partial charge in [-0.1, -0.05) is 12.1 Å². The Balaban J connectivity index is 2.12. The highest BCUT2D eigenvalue weighted by atomic mass is 16.3. The van der Waals surface area contributed by atoms with Crippen LogP contribution < -0.4 is 4.90 Å². The van der Waals surface area contributed by atoms with Gasteiger partial charge in [0.15, 0.2) is 0 Å². The van der Waals surface area contributed by atoms with Crippen LogP contribution in [0.4, 0.5) is 5.69 Å². The van der Waals surface area contributed by atoms with Crippen LogP contribution in [0, 0.1) is 0 Å². The number of anilines is 1. The average molecular weight is 248 g/mol. The molecule has 3 atom stereocenters. The summed E-state index contributed by atoms with van der Waals surface area (Å²) in [7, 11) is 2.20. The fraction of sp³-hybridized carbons (Fsp3) is 0.600. The topological polar surface area (TPSA) is 26.7 Å². The number of likely N-dealkylation sites (N-methyl/N-ethyl adjacent to an activating group) is 1. The van der Waals surface area contributed by atoms with Gasteiger partial charge < -0.3 is 10.0 Å². The Morgan fingerprint density at radius 1 is 1.11 bits per heavy atom. The highest BCUT2D eigenvalue weighted by molar-refractivity contribution is 5.48. The molecular weight excluding hydrogens is 224 g/mol. The molecule has 1 N–H and O–H groups in total. The smallest absolute Gasteiger partial charge is 0.0761 e. The third-order valence-corrected chi connectivity index (χ3v) is 4.10. The molecule has 0 radical (unpaired) electrons. The van der Waals surface area contributed by atoms with Crippen molar-refractivity contribution in [3.8, 4) is 0 Å². The van der Waals surface area contributed by atoms with Gasteiger partial charge >= 0.3 is 0 Å². The first-order valence-corrected chi connectivity index (χ1v) is 6.74. The van der Waals surface area contributed by atoms with E-state index >= 15 is 0 Å². The lowest BCUT2D eigenvalue weighted by atomic mass is 10.1. The van der Waals surface area contributed by atoms with Crippen LogP contribution in [0.5, 0.6) is 0 Å². The van der Waals surface area contributed by atoms with Crippen LogP contribution >= 0.6 is 0 Å². The number of aliphatic hydroxyl groups is 1. The Labute approximate surface area is 110 Å². The van der Waals surface area contributed by atoms with Gasteiger partial charge in [-0.05, 0) is 45.5 Å². The zero-order valence-electron chi connectivity index (χ0n) is 11.8. The molecule has 100 valence electrons. The van der Waals surface area contributed by atoms with Crippen LogP contribution in [-0.4, -0.2) is 42.2 Å². The number of aliphatic hydroxyl groups excluding tert-OH is 1. The molecule has 0 saturated carbocycles. The van der Waals surface area contributed by atoms with Crippen molar-refractivity contribution in [3.05, 3.63) is 29.8 Å². The summed E-state index contributed by atoms with van der Waals surface area (Å²) in [6, 6.07) is 9.43. The summed E-state index contributed by atoms with van der Waals surface area (Å²) < 4.78 is 0. The van der Waals surface area contributed by atoms with Crippen molar-refractivity contribution in [1.29, 1.82) is 0 Å². The van der Waals surface area contributed by atoms with Crippen molar-refractivity contribution in [3.63, 3.8) is 0 Å². The molecule has 3 heteroatoms. The van der Waals surface area contributed by atoms with E-state index in [0.29, 0.717) is 12.1 Å². The van der Waals surface area contributed by atoms with Crippen molar-refractivity contribution < 1.29 is 5.11 Å². The number of hydrogen-bond donors (Lipinski definition) is 1. The first-order chi connectivity index (χ1) is 8.49. The molecule has 1 aliphatic heterocycles. The monoisotopic (exact) mass is 248 g/mol. The molecule has 2 unspecified atom stereocenters. The molecule has 1 aliphatic rings. The second-order valence-corrected chi connectivity index (χ2v) is 5.54. The Kier molecular flexibility index (Phi) is 3.93. The summed E-state index contributed by atoms with van der Waals surface area (Å²) in [6.07, 6.45) is -0.385. The maximum Gasteiger partial charge on any atom is 0.0761 e. The molecule has 1 aromatic rings. The van der Waals surface area contributed by atoms with E-state index in [2.05, 4.69) is 42.8 Å². The minimum Gasteiger partial charge on any atom is -0.389 e. The second-order valence-electron chi connectivity index (χ2n) is 5.54. The van der Waals surface area contributed by atoms with Crippen molar-refractivity contribution in [2.45, 2.75) is 39.0 Å². The van der Waals surface area contributed by atoms with Crippen LogP contribution in [0.3, 0.4) is 0 Å². The predicted molar refractivity (Wildman–Crippen MR) is 76.0 cm³/mol. The lowest BCUT2D eigenvalue weighted by Crippen LogP contribution is -2.55. The molecule has 2 rings (SSSR count). The highest BCUT2D eigenvalue weighted by Gasteiger charge is 2.26. The summed E-state index contributed by atoms with van der Waals surface area (Å²) >= 11 is 0. The number of hydrogen-bond acceptors (Lipinski definition) is 3. The third-order valence-electron chi connectivity index (χ3n) is 4.10. The Morgan fingerprint density at radius 3 is 2.06 bits per heavy atom. The van der Waals surface area contributed by atoms with E-state index in [4.69, 9.17) is 0 Å². The molecule has 0 amide bonds. The molecule has 1 fully saturated rings. The Morgan fingerprint density at radius 2 is 1.61 bits per heavy atom. The third kappa shape index (κ3) is 2.68. The summed E-state index contributed by atoms with van der Waals surface area (Å²) in [6.45, 7) is 8.47. The average Bonchev–Trinajstić information content (AvgIpc) is 2.35. The largest absolute Gasteiger partial charge is 0.389 e. The molecule has 18 heavy (non-hydrogen) atoms. The Hall–Kier alpha value is -1.06. The lowest BCUT2D eigenvalue weighted by molar-refractivity contribution is 0.170. The fourth-order valence-electron chi connectivity index (χ4n) is 2.58. The van der Waals surface area contributed by atoms with Crippen LogP contribution in [0.1, 0.15) is 32.4 Å². The normalized spacial score (nSPS) is 27.3. The van der Waals surface area contributed by atoms with E-state index in [-0.39, 0.29) is 6.10 Å². The molecule has 0 aliphatic carbocycles. The number of rotatable bonds is 2. The van der Waals surface area contributed by atoms with Gasteiger partial charge in [-0.15, -0.1) is 0 Å². The standard InChI is InChI=1S/C15H24N2O/c1-11-9-17(10-12(2)16(11)4)15-7-5-14(6-8-15)13(3)18/h5-8,11-13,18H,9-10H2,1-4H3/t11?,12?,13-/m1/s1. The van der Waals surface area contributed by atoms with Gasteiger partial charge in [0.05, 0.1) is 6.10 Å². The molecule has 0 spiro atoms. The summed E-state index contributed by atoms with van der Waals surface area (Å²) in [5.74, 6) is 0. The van der Waals surface area contributed by atoms with Gasteiger partial charge in [0, 0.05) is 30.9 Å². The lowest BCUT2D eigenvalue weighted by Gasteiger charge is -2.43. The molecule has 1 aromatic carbocycles. The van der Waals surface area contributed by atoms with Gasteiger partial charge in [0.2, 0.25) is 0 Å². The summed E-state index contributed by atoms with van der Waals surface area (Å²) in [4.78, 5) is 4.86. The zero-order chi connectivity index (χ0) is 13.3. The van der Waals surface area contributed by atoms with Gasteiger partial charge in [-0.25, -0.2) is 0 Å². The maximum atomic E-state index is 9.52. The van der Waals surface area contributed by atoms with Crippen LogP contribution in [0.15, 0.2) is 24.3 Å². The minimum atomic E-state index is -0.385. The van der Waals surface area contributed by atoms with Gasteiger partial charge in [0.1, 0.15) is 0 Å². The van der Waals surface area contributed by atoms with Gasteiger partial charge in [0.25, 0.3) is 0 Å². The van der Waals surface area contributed by atoms with Crippen molar-refractivity contribution in [2.75, 3.05) is 25.0 Å². The number of piperazine rings is 1. The van der Waals surface area contributed by atoms with Crippen LogP contribution in [-0.2, 0) is 0 Å². The molecule has 1 heterocycles. The van der Waals surface area contributed by atoms with Crippen LogP contribution in [0.25, 0.3) is 0 Å². The fourth-order valence-corrected chi connectivity index (χ4v) is 2.58. The van der Waals surface area contributed by atoms with Gasteiger partial charge in [-0.2, -0.15) is 0 Å². The molecule has 0 bridgehead atoms. The second kappa shape index (κ2) is 5.29. The van der Waals surface area contributed by atoms with E-state index in [0.717, 1.165) is 18.7 Å². The molecular formula is C15H24N2O. The SMILES string of the molecule is CC1CN(c2ccc([C@@H](C)O)cc2)CC(C)N1C. The number of benzene rings is 1. The van der Waals surface area contributed by atoms with Crippen molar-refractivity contribution >= 4 is 5.69 Å². The predicted octanol–water partition coefficient (Wildman–Crippen LogP) is 2.27. The van der Waals surface area contributed by atoms with Gasteiger partial charge in [-0.3, -0.25) is 4.90 Å². The van der Waals surface area contributed by atoms with Crippen molar-refractivity contribution in [1.82, 2.24) is 4.90 Å². The van der Waals surface area contributed by atoms with Crippen molar-refractivity contribution in [2.24, 2.45) is 0 Å². The van der Waals surface area contributed by atoms with Crippen LogP contribution in [0.2, 0.25) is 0 Å². The maximum absolute atomic E-state index is 9.52. The first-order valence-electron chi connectivity index (χ1n) is 6.74. The molecule has 3 nitrogen and oxygen atoms in total. The van der Waals surface area contributed by atoms with E-state index in [9.17, 15) is 5.11 Å². The van der Waals surface area contributed by atoms with E-state index in [1.54, 1.807) is 6.92 Å². The Bertz CT molecular complexity index is 376. The summed E-state index contributed by atoms with van der Waals surface area (Å²) in [5, 5.41) is 9.52. The van der Waals surface area contributed by atoms with E-state index in [1.807, 2.05) is 12.1 Å². The summed E-state index contributed by atoms with van der Waals surface area (Å²) in [5.41, 5.74) is 2.24. The highest BCUT2D eigenvalue weighted by Crippen LogP contribution is 2.23. The molecule has 0 aromatic heterocycles. The zero-order valence-corrected chi connectivity index (χ0v) is 11.8. The van der Waals surface area contributed by atoms with E-state index < -0.39 is 0 Å². The van der Waals surface area contributed by atoms with E-state index in [1.165, 1.54) is 5.69 Å². The quantitative estimate of drug-likeness (QED) is 0.870.